The number of likely N-dealkylation sites (tertiary alicyclic amines) is 1. The molecule has 2 unspecified atom stereocenters. The molecule has 8 heteroatoms. The molecule has 0 amide bonds. The van der Waals surface area contributed by atoms with Gasteiger partial charge in [0.05, 0.1) is 5.69 Å². The SMILES string of the molecule is CC(C)C1CN(Cc2cccc(-n3cccn3)c2)CC1NS(=O)(=O)N(C)C. The summed E-state index contributed by atoms with van der Waals surface area (Å²) in [6.45, 7) is 6.69. The molecule has 1 saturated heterocycles. The zero-order valence-electron chi connectivity index (χ0n) is 16.4. The van der Waals surface area contributed by atoms with Crippen molar-refractivity contribution in [3.05, 3.63) is 48.3 Å². The molecular weight excluding hydrogens is 362 g/mol. The lowest BCUT2D eigenvalue weighted by molar-refractivity contribution is 0.296. The Labute approximate surface area is 162 Å². The Morgan fingerprint density at radius 3 is 2.67 bits per heavy atom. The summed E-state index contributed by atoms with van der Waals surface area (Å²) in [5.74, 6) is 0.689. The summed E-state index contributed by atoms with van der Waals surface area (Å²) >= 11 is 0. The van der Waals surface area contributed by atoms with Crippen LogP contribution in [0.3, 0.4) is 0 Å². The van der Waals surface area contributed by atoms with Crippen LogP contribution in [0.4, 0.5) is 0 Å². The number of nitrogens with one attached hydrogen (secondary N) is 1. The normalized spacial score (nSPS) is 21.4. The van der Waals surface area contributed by atoms with Crippen molar-refractivity contribution in [2.24, 2.45) is 11.8 Å². The second kappa shape index (κ2) is 8.10. The van der Waals surface area contributed by atoms with Gasteiger partial charge in [0, 0.05) is 52.2 Å². The van der Waals surface area contributed by atoms with Crippen LogP contribution in [0.2, 0.25) is 0 Å². The average molecular weight is 392 g/mol. The molecule has 7 nitrogen and oxygen atoms in total. The molecule has 1 aliphatic rings. The van der Waals surface area contributed by atoms with Crippen LogP contribution < -0.4 is 4.72 Å². The van der Waals surface area contributed by atoms with Gasteiger partial charge in [0.25, 0.3) is 10.2 Å². The molecule has 0 radical (unpaired) electrons. The van der Waals surface area contributed by atoms with Gasteiger partial charge in [0.2, 0.25) is 0 Å². The van der Waals surface area contributed by atoms with E-state index >= 15 is 0 Å². The number of aromatic nitrogens is 2. The lowest BCUT2D eigenvalue weighted by Gasteiger charge is -2.24. The zero-order chi connectivity index (χ0) is 19.6. The minimum atomic E-state index is -3.44. The quantitative estimate of drug-likeness (QED) is 0.780. The predicted octanol–water partition coefficient (Wildman–Crippen LogP) is 1.72. The Kier molecular flexibility index (Phi) is 6.00. The molecule has 1 N–H and O–H groups in total. The van der Waals surface area contributed by atoms with Crippen molar-refractivity contribution in [1.82, 2.24) is 23.7 Å². The molecule has 0 bridgehead atoms. The van der Waals surface area contributed by atoms with Crippen molar-refractivity contribution in [2.45, 2.75) is 26.4 Å². The van der Waals surface area contributed by atoms with E-state index in [0.717, 1.165) is 18.8 Å². The summed E-state index contributed by atoms with van der Waals surface area (Å²) in [6.07, 6.45) is 3.69. The van der Waals surface area contributed by atoms with E-state index in [9.17, 15) is 8.42 Å². The number of hydrogen-bond acceptors (Lipinski definition) is 4. The Morgan fingerprint density at radius 2 is 2.04 bits per heavy atom. The van der Waals surface area contributed by atoms with Crippen LogP contribution in [-0.2, 0) is 16.8 Å². The summed E-state index contributed by atoms with van der Waals surface area (Å²) in [6, 6.07) is 10.1. The summed E-state index contributed by atoms with van der Waals surface area (Å²) < 4.78 is 30.5. The molecule has 1 fully saturated rings. The van der Waals surface area contributed by atoms with Gasteiger partial charge in [0.15, 0.2) is 0 Å². The molecule has 27 heavy (non-hydrogen) atoms. The highest BCUT2D eigenvalue weighted by atomic mass is 32.2. The van der Waals surface area contributed by atoms with E-state index in [-0.39, 0.29) is 12.0 Å². The van der Waals surface area contributed by atoms with Crippen LogP contribution in [0.5, 0.6) is 0 Å². The third-order valence-corrected chi connectivity index (χ3v) is 6.73. The lowest BCUT2D eigenvalue weighted by atomic mass is 9.92. The highest BCUT2D eigenvalue weighted by Gasteiger charge is 2.37. The Bertz CT molecular complexity index is 849. The third-order valence-electron chi connectivity index (χ3n) is 5.16. The second-order valence-electron chi connectivity index (χ2n) is 7.73. The summed E-state index contributed by atoms with van der Waals surface area (Å²) in [4.78, 5) is 2.33. The van der Waals surface area contributed by atoms with Gasteiger partial charge in [-0.2, -0.15) is 22.5 Å². The fourth-order valence-electron chi connectivity index (χ4n) is 3.62. The molecule has 1 aliphatic heterocycles. The summed E-state index contributed by atoms with van der Waals surface area (Å²) in [5.41, 5.74) is 2.23. The molecule has 0 spiro atoms. The highest BCUT2D eigenvalue weighted by molar-refractivity contribution is 7.87. The zero-order valence-corrected chi connectivity index (χ0v) is 17.2. The van der Waals surface area contributed by atoms with Gasteiger partial charge in [-0.1, -0.05) is 26.0 Å². The van der Waals surface area contributed by atoms with Crippen molar-refractivity contribution in [2.75, 3.05) is 27.2 Å². The van der Waals surface area contributed by atoms with Crippen molar-refractivity contribution in [1.29, 1.82) is 0 Å². The maximum atomic E-state index is 12.3. The largest absolute Gasteiger partial charge is 0.297 e. The van der Waals surface area contributed by atoms with Crippen LogP contribution in [0, 0.1) is 11.8 Å². The maximum Gasteiger partial charge on any atom is 0.279 e. The van der Waals surface area contributed by atoms with Crippen LogP contribution in [0.25, 0.3) is 5.69 Å². The first kappa shape index (κ1) is 20.0. The van der Waals surface area contributed by atoms with Crippen molar-refractivity contribution < 1.29 is 8.42 Å². The molecule has 2 atom stereocenters. The van der Waals surface area contributed by atoms with E-state index in [1.807, 2.05) is 29.1 Å². The smallest absolute Gasteiger partial charge is 0.279 e. The number of benzene rings is 1. The molecular formula is C19H29N5O2S. The first-order chi connectivity index (χ1) is 12.8. The van der Waals surface area contributed by atoms with Crippen LogP contribution in [-0.4, -0.2) is 60.6 Å². The molecule has 2 aromatic rings. The number of nitrogens with zero attached hydrogens (tertiary/aromatic N) is 4. The molecule has 3 rings (SSSR count). The van der Waals surface area contributed by atoms with Crippen LogP contribution in [0.1, 0.15) is 19.4 Å². The second-order valence-corrected chi connectivity index (χ2v) is 9.65. The molecule has 148 valence electrons. The van der Waals surface area contributed by atoms with E-state index in [0.29, 0.717) is 12.5 Å². The lowest BCUT2D eigenvalue weighted by Crippen LogP contribution is -2.46. The summed E-state index contributed by atoms with van der Waals surface area (Å²) in [5, 5.41) is 4.29. The van der Waals surface area contributed by atoms with E-state index < -0.39 is 10.2 Å². The fourth-order valence-corrected chi connectivity index (χ4v) is 4.46. The van der Waals surface area contributed by atoms with E-state index in [2.05, 4.69) is 40.7 Å². The van der Waals surface area contributed by atoms with Gasteiger partial charge in [-0.3, -0.25) is 4.90 Å². The Hall–Kier alpha value is -1.74. The van der Waals surface area contributed by atoms with Crippen LogP contribution in [0.15, 0.2) is 42.7 Å². The number of rotatable bonds is 7. The topological polar surface area (TPSA) is 70.5 Å². The molecule has 0 saturated carbocycles. The molecule has 1 aromatic carbocycles. The minimum absolute atomic E-state index is 0.0771. The Balaban J connectivity index is 1.72. The summed E-state index contributed by atoms with van der Waals surface area (Å²) in [7, 11) is -0.324. The van der Waals surface area contributed by atoms with Gasteiger partial charge < -0.3 is 0 Å². The Morgan fingerprint density at radius 1 is 1.26 bits per heavy atom. The van der Waals surface area contributed by atoms with Gasteiger partial charge >= 0.3 is 0 Å². The fraction of sp³-hybridized carbons (Fsp3) is 0.526. The van der Waals surface area contributed by atoms with Crippen molar-refractivity contribution in [3.8, 4) is 5.69 Å². The predicted molar refractivity (Wildman–Crippen MR) is 107 cm³/mol. The number of hydrogen-bond donors (Lipinski definition) is 1. The average Bonchev–Trinajstić information content (AvgIpc) is 3.25. The van der Waals surface area contributed by atoms with Crippen molar-refractivity contribution >= 4 is 10.2 Å². The standard InChI is InChI=1S/C19H29N5O2S/c1-15(2)18-13-23(14-19(18)21-27(25,26)22(3)4)12-16-7-5-8-17(11-16)24-10-6-9-20-24/h5-11,15,18-19,21H,12-14H2,1-4H3. The highest BCUT2D eigenvalue weighted by Crippen LogP contribution is 2.26. The molecule has 2 heterocycles. The molecule has 0 aliphatic carbocycles. The van der Waals surface area contributed by atoms with E-state index in [1.54, 1.807) is 20.3 Å². The van der Waals surface area contributed by atoms with E-state index in [1.165, 1.54) is 9.87 Å². The van der Waals surface area contributed by atoms with Gasteiger partial charge in [-0.15, -0.1) is 0 Å². The van der Waals surface area contributed by atoms with E-state index in [4.69, 9.17) is 0 Å². The van der Waals surface area contributed by atoms with Crippen molar-refractivity contribution in [3.63, 3.8) is 0 Å². The van der Waals surface area contributed by atoms with Gasteiger partial charge in [-0.05, 0) is 35.6 Å². The first-order valence-corrected chi connectivity index (χ1v) is 10.7. The van der Waals surface area contributed by atoms with Gasteiger partial charge in [0.1, 0.15) is 0 Å². The first-order valence-electron chi connectivity index (χ1n) is 9.27. The monoisotopic (exact) mass is 391 g/mol. The maximum absolute atomic E-state index is 12.3. The molecule has 1 aromatic heterocycles. The van der Waals surface area contributed by atoms with Gasteiger partial charge in [-0.25, -0.2) is 4.68 Å². The van der Waals surface area contributed by atoms with Crippen LogP contribution >= 0.6 is 0 Å². The minimum Gasteiger partial charge on any atom is -0.297 e. The third kappa shape index (κ3) is 4.76.